The smallest absolute Gasteiger partial charge is 0.407 e. The Morgan fingerprint density at radius 3 is 1.95 bits per heavy atom. The summed E-state index contributed by atoms with van der Waals surface area (Å²) in [5.41, 5.74) is -2.95. The number of rotatable bonds is 19. The zero-order chi connectivity index (χ0) is 56.6. The number of alkyl carbamates (subject to hydrolysis) is 1. The number of methoxy groups -OCH3 is 2. The maximum absolute atomic E-state index is 16.0. The normalized spacial score (nSPS) is 17.6. The third-order valence-corrected chi connectivity index (χ3v) is 14.4. The number of carbonyl (C=O) groups excluding carboxylic acids is 4. The summed E-state index contributed by atoms with van der Waals surface area (Å²) in [6, 6.07) is 13.3. The number of aliphatic hydroxyl groups excluding tert-OH is 1. The summed E-state index contributed by atoms with van der Waals surface area (Å²) in [5, 5.41) is 17.0. The molecule has 0 radical (unpaired) electrons. The van der Waals surface area contributed by atoms with Gasteiger partial charge in [0.2, 0.25) is 11.8 Å². The van der Waals surface area contributed by atoms with Gasteiger partial charge in [-0.3, -0.25) is 29.7 Å². The lowest BCUT2D eigenvalue weighted by atomic mass is 9.75. The average Bonchev–Trinajstić information content (AvgIpc) is 3.64. The van der Waals surface area contributed by atoms with Crippen LogP contribution in [0.25, 0.3) is 11.3 Å². The average molecular weight is 1090 g/mol. The van der Waals surface area contributed by atoms with E-state index >= 15 is 8.78 Å². The number of alkyl halides is 6. The van der Waals surface area contributed by atoms with Gasteiger partial charge in [-0.1, -0.05) is 50.8 Å². The van der Waals surface area contributed by atoms with Gasteiger partial charge in [-0.25, -0.2) is 23.6 Å². The topological polar surface area (TPSA) is 179 Å². The number of aromatic nitrogens is 2. The van der Waals surface area contributed by atoms with Crippen LogP contribution in [-0.2, 0) is 36.8 Å². The molecule has 77 heavy (non-hydrogen) atoms. The number of halogens is 8. The third kappa shape index (κ3) is 14.4. The predicted molar refractivity (Wildman–Crippen MR) is 267 cm³/mol. The number of anilines is 1. The van der Waals surface area contributed by atoms with E-state index in [1.165, 1.54) is 24.4 Å². The van der Waals surface area contributed by atoms with E-state index in [1.54, 1.807) is 30.5 Å². The number of hydrazine groups is 1. The van der Waals surface area contributed by atoms with E-state index in [1.807, 2.05) is 17.4 Å². The molecule has 2 aromatic heterocycles. The molecule has 23 heteroatoms. The summed E-state index contributed by atoms with van der Waals surface area (Å²) < 4.78 is 128. The molecular formula is C54H62F8N8O7. The van der Waals surface area contributed by atoms with Crippen molar-refractivity contribution in [2.45, 2.75) is 109 Å². The van der Waals surface area contributed by atoms with Crippen molar-refractivity contribution in [2.24, 2.45) is 16.7 Å². The van der Waals surface area contributed by atoms with Crippen molar-refractivity contribution < 1.29 is 68.9 Å². The highest BCUT2D eigenvalue weighted by Crippen LogP contribution is 2.45. The second-order valence-corrected chi connectivity index (χ2v) is 20.2. The summed E-state index contributed by atoms with van der Waals surface area (Å²) >= 11 is 0. The molecule has 2 aliphatic rings. The standard InChI is InChI=1S/C54H62F8N8O7/c1-8-70-36-19-20-37(70)29-68(28-36)45-21-18-34(27-64-45)17-14-32-12-15-33(16-13-32)23-43(65-49(74)47(66-50(75)77-7)52(4,5)54(60,61)62)44(71)31-69(67-48(73)39(26-46(72)76-6)51(2,3)53(57,58)59)30-38-40(55)24-35(25-41(38)56)42-11-9-10-22-63-42/h9-13,15-16,18,21-22,24-25,27,36-37,39,43-44,47,71H,8,19-20,23,26,28-31H2,1-7H3,(H,65,74)(H,66,75)(H,67,73)/t36?,37?,39-,43+,44+,47-/m1/s1. The van der Waals surface area contributed by atoms with Gasteiger partial charge in [0, 0.05) is 72.9 Å². The molecule has 416 valence electrons. The first-order valence-electron chi connectivity index (χ1n) is 24.7. The van der Waals surface area contributed by atoms with Crippen LogP contribution in [0.3, 0.4) is 0 Å². The van der Waals surface area contributed by atoms with E-state index < -0.39 is 114 Å². The molecule has 0 saturated carbocycles. The Morgan fingerprint density at radius 2 is 1.42 bits per heavy atom. The molecule has 4 N–H and O–H groups in total. The van der Waals surface area contributed by atoms with Crippen LogP contribution >= 0.6 is 0 Å². The van der Waals surface area contributed by atoms with Gasteiger partial charge in [-0.05, 0) is 93.7 Å². The highest BCUT2D eigenvalue weighted by molar-refractivity contribution is 5.87. The predicted octanol–water partition coefficient (Wildman–Crippen LogP) is 7.50. The number of nitrogens with one attached hydrogen (secondary N) is 3. The molecule has 0 spiro atoms. The number of pyridine rings is 2. The number of aliphatic hydroxyl groups is 1. The van der Waals surface area contributed by atoms with Crippen molar-refractivity contribution in [1.82, 2.24) is 35.9 Å². The lowest BCUT2D eigenvalue weighted by molar-refractivity contribution is -0.231. The zero-order valence-electron chi connectivity index (χ0n) is 43.5. The number of fused-ring (bicyclic) bond motifs is 2. The van der Waals surface area contributed by atoms with Crippen LogP contribution in [0.5, 0.6) is 0 Å². The minimum absolute atomic E-state index is 0.0178. The van der Waals surface area contributed by atoms with Gasteiger partial charge in [0.25, 0.3) is 0 Å². The monoisotopic (exact) mass is 1090 g/mol. The van der Waals surface area contributed by atoms with Gasteiger partial charge in [-0.15, -0.1) is 0 Å². The number of piperazine rings is 1. The van der Waals surface area contributed by atoms with Gasteiger partial charge in [0.15, 0.2) is 0 Å². The number of hydrogen-bond acceptors (Lipinski definition) is 12. The van der Waals surface area contributed by atoms with Crippen LogP contribution in [0.4, 0.5) is 45.7 Å². The first-order valence-corrected chi connectivity index (χ1v) is 24.7. The number of hydrogen-bond donors (Lipinski definition) is 4. The molecule has 0 aliphatic carbocycles. The van der Waals surface area contributed by atoms with Crippen molar-refractivity contribution in [3.8, 4) is 23.1 Å². The summed E-state index contributed by atoms with van der Waals surface area (Å²) in [6.07, 6.45) is -9.93. The van der Waals surface area contributed by atoms with Crippen molar-refractivity contribution in [1.29, 1.82) is 0 Å². The van der Waals surface area contributed by atoms with Gasteiger partial charge in [-0.2, -0.15) is 26.3 Å². The summed E-state index contributed by atoms with van der Waals surface area (Å²) in [7, 11) is 1.73. The third-order valence-electron chi connectivity index (χ3n) is 14.4. The number of ether oxygens (including phenoxy) is 2. The van der Waals surface area contributed by atoms with E-state index in [0.29, 0.717) is 61.5 Å². The van der Waals surface area contributed by atoms with E-state index in [2.05, 4.69) is 58.7 Å². The van der Waals surface area contributed by atoms with Crippen LogP contribution in [0.2, 0.25) is 0 Å². The molecular weight excluding hydrogens is 1020 g/mol. The first kappa shape index (κ1) is 59.3. The van der Waals surface area contributed by atoms with Gasteiger partial charge in [0.05, 0.1) is 55.2 Å². The molecule has 2 aliphatic heterocycles. The highest BCUT2D eigenvalue weighted by atomic mass is 19.4. The quantitative estimate of drug-likeness (QED) is 0.0315. The number of carbonyl (C=O) groups is 4. The van der Waals surface area contributed by atoms with Gasteiger partial charge >= 0.3 is 24.4 Å². The van der Waals surface area contributed by atoms with Crippen LogP contribution in [0.15, 0.2) is 79.1 Å². The number of benzene rings is 2. The molecule has 2 aromatic carbocycles. The molecule has 2 unspecified atom stereocenters. The SMILES string of the molecule is CCN1C2CCC1CN(c1ccc(C#Cc3ccc(C[C@H](NC(=O)[C@@H](NC(=O)OC)C(C)(C)C(F)(F)F)[C@@H](O)CN(Cc4c(F)cc(-c5ccccn5)cc4F)NC(=O)[C@@H](CC(=O)OC)C(C)(C)C(F)(F)F)cc3)cn1)C2. The van der Waals surface area contributed by atoms with Crippen molar-refractivity contribution in [3.05, 3.63) is 113 Å². The Bertz CT molecular complexity index is 2740. The maximum atomic E-state index is 16.0. The summed E-state index contributed by atoms with van der Waals surface area (Å²) in [4.78, 5) is 66.6. The largest absolute Gasteiger partial charge is 0.469 e. The molecule has 2 saturated heterocycles. The van der Waals surface area contributed by atoms with Gasteiger partial charge in [0.1, 0.15) is 23.5 Å². The number of likely N-dealkylation sites (N-methyl/N-ethyl adjacent to an activating group) is 1. The Kier molecular flexibility index (Phi) is 19.0. The fraction of sp³-hybridized carbons (Fsp3) is 0.481. The molecule has 6 rings (SSSR count). The van der Waals surface area contributed by atoms with Gasteiger partial charge < -0.3 is 30.1 Å². The van der Waals surface area contributed by atoms with Crippen LogP contribution in [0.1, 0.15) is 76.1 Å². The lowest BCUT2D eigenvalue weighted by Gasteiger charge is -2.41. The second kappa shape index (κ2) is 24.6. The minimum atomic E-state index is -5.13. The molecule has 15 nitrogen and oxygen atoms in total. The van der Waals surface area contributed by atoms with Crippen molar-refractivity contribution in [2.75, 3.05) is 45.3 Å². The molecule has 2 bridgehead atoms. The van der Waals surface area contributed by atoms with Crippen molar-refractivity contribution >= 4 is 29.7 Å². The van der Waals surface area contributed by atoms with E-state index in [-0.39, 0.29) is 11.3 Å². The van der Waals surface area contributed by atoms with Crippen LogP contribution in [-0.4, -0.2) is 132 Å². The summed E-state index contributed by atoms with van der Waals surface area (Å²) in [5.74, 6) is -1.96. The number of amides is 3. The van der Waals surface area contributed by atoms with Crippen LogP contribution in [0, 0.1) is 40.2 Å². The Hall–Kier alpha value is -6.90. The molecule has 4 heterocycles. The maximum Gasteiger partial charge on any atom is 0.407 e. The summed E-state index contributed by atoms with van der Waals surface area (Å²) in [6.45, 7) is 5.49. The van der Waals surface area contributed by atoms with E-state index in [0.717, 1.165) is 64.6 Å². The first-order chi connectivity index (χ1) is 36.2. The zero-order valence-corrected chi connectivity index (χ0v) is 43.5. The molecule has 6 atom stereocenters. The Morgan fingerprint density at radius 1 is 0.805 bits per heavy atom. The highest BCUT2D eigenvalue weighted by Gasteiger charge is 2.57. The van der Waals surface area contributed by atoms with Crippen LogP contribution < -0.4 is 21.0 Å². The number of esters is 1. The molecule has 3 amide bonds. The Balaban J connectivity index is 1.33. The Labute approximate surface area is 441 Å². The molecule has 2 fully saturated rings. The second-order valence-electron chi connectivity index (χ2n) is 20.2. The van der Waals surface area contributed by atoms with Crippen molar-refractivity contribution in [3.63, 3.8) is 0 Å². The van der Waals surface area contributed by atoms with E-state index in [9.17, 15) is 50.6 Å². The number of nitrogens with zero attached hydrogens (tertiary/aromatic N) is 5. The lowest BCUT2D eigenvalue weighted by Crippen LogP contribution is -2.62. The fourth-order valence-corrected chi connectivity index (χ4v) is 9.41. The van der Waals surface area contributed by atoms with E-state index in [4.69, 9.17) is 0 Å². The fourth-order valence-electron chi connectivity index (χ4n) is 9.41. The molecule has 4 aromatic rings. The minimum Gasteiger partial charge on any atom is -0.469 e.